The van der Waals surface area contributed by atoms with Gasteiger partial charge in [0.1, 0.15) is 11.5 Å². The van der Waals surface area contributed by atoms with Crippen LogP contribution in [0.25, 0.3) is 0 Å². The highest BCUT2D eigenvalue weighted by Gasteiger charge is 2.11. The van der Waals surface area contributed by atoms with Crippen molar-refractivity contribution in [3.8, 4) is 11.5 Å². The van der Waals surface area contributed by atoms with E-state index in [-0.39, 0.29) is 0 Å². The molecule has 2 aromatic rings. The molecule has 2 nitrogen and oxygen atoms in total. The summed E-state index contributed by atoms with van der Waals surface area (Å²) in [5.74, 6) is 0.726. The van der Waals surface area contributed by atoms with Crippen LogP contribution in [0, 0.1) is 0 Å². The second kappa shape index (κ2) is 27.5. The fraction of sp³-hybridized carbons (Fsp3) is 0.714. The van der Waals surface area contributed by atoms with Gasteiger partial charge in [-0.15, -0.1) is 0 Å². The molecule has 0 heterocycles. The number of rotatable bonds is 30. The molecule has 0 unspecified atom stereocenters. The van der Waals surface area contributed by atoms with Crippen LogP contribution in [0.15, 0.2) is 46.2 Å². The van der Waals surface area contributed by atoms with Crippen molar-refractivity contribution in [2.45, 2.75) is 203 Å². The molecule has 0 fully saturated rings. The van der Waals surface area contributed by atoms with E-state index in [1.165, 1.54) is 188 Å². The van der Waals surface area contributed by atoms with Crippen LogP contribution in [0.5, 0.6) is 11.5 Å². The van der Waals surface area contributed by atoms with Gasteiger partial charge in [-0.2, -0.15) is 0 Å². The Kier molecular flexibility index (Phi) is 24.2. The molecule has 2 aromatic carbocycles. The Morgan fingerprint density at radius 3 is 0.933 bits per heavy atom. The molecular formula is C42H70O2S. The molecule has 0 radical (unpaired) electrons. The smallest absolute Gasteiger partial charge is 0.115 e. The Balaban J connectivity index is 1.66. The third-order valence-electron chi connectivity index (χ3n) is 9.41. The average molecular weight is 639 g/mol. The molecule has 0 saturated carbocycles. The lowest BCUT2D eigenvalue weighted by Gasteiger charge is -2.14. The Bertz CT molecular complexity index is 894. The van der Waals surface area contributed by atoms with Gasteiger partial charge in [-0.1, -0.05) is 180 Å². The van der Waals surface area contributed by atoms with Gasteiger partial charge in [0.15, 0.2) is 0 Å². The molecule has 2 rings (SSSR count). The van der Waals surface area contributed by atoms with Gasteiger partial charge in [0.05, 0.1) is 0 Å². The van der Waals surface area contributed by atoms with Crippen molar-refractivity contribution in [1.82, 2.24) is 0 Å². The van der Waals surface area contributed by atoms with Crippen LogP contribution < -0.4 is 0 Å². The number of phenols is 2. The van der Waals surface area contributed by atoms with Gasteiger partial charge in [-0.05, 0) is 73.2 Å². The minimum atomic E-state index is 0.363. The average Bonchev–Trinajstić information content (AvgIpc) is 3.04. The summed E-state index contributed by atoms with van der Waals surface area (Å²) in [4.78, 5) is 2.48. The van der Waals surface area contributed by atoms with Crippen molar-refractivity contribution < 1.29 is 10.2 Å². The van der Waals surface area contributed by atoms with Gasteiger partial charge in [0.25, 0.3) is 0 Å². The quantitative estimate of drug-likeness (QED) is 0.0836. The largest absolute Gasteiger partial charge is 0.508 e. The molecule has 256 valence electrons. The zero-order valence-corrected chi connectivity index (χ0v) is 30.4. The lowest BCUT2D eigenvalue weighted by molar-refractivity contribution is 0.473. The van der Waals surface area contributed by atoms with Crippen molar-refractivity contribution in [3.05, 3.63) is 47.5 Å². The third-order valence-corrected chi connectivity index (χ3v) is 10.6. The molecule has 0 aliphatic rings. The van der Waals surface area contributed by atoms with Crippen molar-refractivity contribution >= 4 is 11.8 Å². The highest BCUT2D eigenvalue weighted by molar-refractivity contribution is 7.99. The summed E-state index contributed by atoms with van der Waals surface area (Å²) >= 11 is 1.81. The minimum absolute atomic E-state index is 0.363. The summed E-state index contributed by atoms with van der Waals surface area (Å²) in [6.45, 7) is 4.58. The maximum absolute atomic E-state index is 10.2. The minimum Gasteiger partial charge on any atom is -0.508 e. The van der Waals surface area contributed by atoms with E-state index in [4.69, 9.17) is 0 Å². The number of hydrogen-bond donors (Lipinski definition) is 2. The van der Waals surface area contributed by atoms with Crippen molar-refractivity contribution in [2.24, 2.45) is 0 Å². The van der Waals surface area contributed by atoms with Crippen LogP contribution >= 0.6 is 11.8 Å². The fourth-order valence-corrected chi connectivity index (χ4v) is 7.60. The topological polar surface area (TPSA) is 40.5 Å². The molecule has 0 atom stereocenters. The number of aryl methyl sites for hydroxylation is 2. The summed E-state index contributed by atoms with van der Waals surface area (Å²) in [5, 5.41) is 20.5. The van der Waals surface area contributed by atoms with Gasteiger partial charge in [-0.25, -0.2) is 0 Å². The highest BCUT2D eigenvalue weighted by atomic mass is 32.2. The summed E-state index contributed by atoms with van der Waals surface area (Å²) in [7, 11) is 0. The van der Waals surface area contributed by atoms with Crippen LogP contribution in [-0.2, 0) is 12.8 Å². The molecule has 3 heteroatoms. The van der Waals surface area contributed by atoms with Gasteiger partial charge in [-0.3, -0.25) is 0 Å². The summed E-state index contributed by atoms with van der Waals surface area (Å²) in [6.07, 6.45) is 37.5. The highest BCUT2D eigenvalue weighted by Crippen LogP contribution is 2.37. The zero-order valence-electron chi connectivity index (χ0n) is 29.6. The van der Waals surface area contributed by atoms with Crippen LogP contribution in [0.1, 0.15) is 192 Å². The Morgan fingerprint density at radius 1 is 0.378 bits per heavy atom. The van der Waals surface area contributed by atoms with E-state index < -0.39 is 0 Å². The van der Waals surface area contributed by atoms with E-state index in [1.54, 1.807) is 11.8 Å². The number of phenolic OH excluding ortho intramolecular Hbond substituents is 2. The normalized spacial score (nSPS) is 11.4. The van der Waals surface area contributed by atoms with E-state index in [2.05, 4.69) is 26.0 Å². The van der Waals surface area contributed by atoms with Crippen LogP contribution in [-0.4, -0.2) is 10.2 Å². The third kappa shape index (κ3) is 20.3. The van der Waals surface area contributed by atoms with E-state index >= 15 is 0 Å². The van der Waals surface area contributed by atoms with E-state index in [1.807, 2.05) is 24.3 Å². The number of unbranched alkanes of at least 4 members (excludes halogenated alkanes) is 24. The van der Waals surface area contributed by atoms with Gasteiger partial charge in [0.2, 0.25) is 0 Å². The lowest BCUT2D eigenvalue weighted by Crippen LogP contribution is -1.93. The van der Waals surface area contributed by atoms with Crippen molar-refractivity contribution in [2.75, 3.05) is 0 Å². The maximum Gasteiger partial charge on any atom is 0.115 e. The predicted octanol–water partition coefficient (Wildman–Crippen LogP) is 14.5. The zero-order chi connectivity index (χ0) is 32.2. The Labute approximate surface area is 283 Å². The summed E-state index contributed by atoms with van der Waals surface area (Å²) in [5.41, 5.74) is 2.51. The van der Waals surface area contributed by atoms with E-state index in [9.17, 15) is 10.2 Å². The number of hydrogen-bond acceptors (Lipinski definition) is 3. The van der Waals surface area contributed by atoms with Crippen LogP contribution in [0.3, 0.4) is 0 Å². The van der Waals surface area contributed by atoms with Crippen molar-refractivity contribution in [3.63, 3.8) is 0 Å². The predicted molar refractivity (Wildman–Crippen MR) is 199 cm³/mol. The molecule has 2 N–H and O–H groups in total. The molecule has 0 aliphatic heterocycles. The fourth-order valence-electron chi connectivity index (χ4n) is 6.51. The van der Waals surface area contributed by atoms with Crippen LogP contribution in [0.4, 0.5) is 0 Å². The first-order chi connectivity index (χ1) is 22.1. The lowest BCUT2D eigenvalue weighted by atomic mass is 10.0. The van der Waals surface area contributed by atoms with Gasteiger partial charge < -0.3 is 10.2 Å². The maximum atomic E-state index is 10.2. The van der Waals surface area contributed by atoms with Crippen molar-refractivity contribution in [1.29, 1.82) is 0 Å². The first kappa shape index (κ1) is 39.6. The molecule has 45 heavy (non-hydrogen) atoms. The van der Waals surface area contributed by atoms with E-state index in [0.29, 0.717) is 11.5 Å². The molecule has 0 aromatic heterocycles. The van der Waals surface area contributed by atoms with Gasteiger partial charge in [0, 0.05) is 9.79 Å². The standard InChI is InChI=1S/C42H70O2S/c1-3-5-7-9-11-13-15-17-19-21-23-25-27-29-37-35-39(43)31-33-41(37)45-42-34-32-40(44)36-38(42)30-28-26-24-22-20-18-16-14-12-10-8-6-4-2/h31-36,43-44H,3-30H2,1-2H3. The molecule has 0 aliphatic carbocycles. The number of aromatic hydroxyl groups is 2. The molecule has 0 amide bonds. The SMILES string of the molecule is CCCCCCCCCCCCCCCc1cc(O)ccc1Sc1ccc(O)cc1CCCCCCCCCCCCCCC. The second-order valence-corrected chi connectivity index (χ2v) is 14.8. The Hall–Kier alpha value is -1.61. The molecule has 0 saturated heterocycles. The first-order valence-corrected chi connectivity index (χ1v) is 20.3. The first-order valence-electron chi connectivity index (χ1n) is 19.5. The number of benzene rings is 2. The van der Waals surface area contributed by atoms with Crippen LogP contribution in [0.2, 0.25) is 0 Å². The van der Waals surface area contributed by atoms with Gasteiger partial charge >= 0.3 is 0 Å². The summed E-state index contributed by atoms with van der Waals surface area (Å²) in [6, 6.07) is 11.7. The van der Waals surface area contributed by atoms with E-state index in [0.717, 1.165) is 12.8 Å². The monoisotopic (exact) mass is 639 g/mol. The molecule has 0 bridgehead atoms. The Morgan fingerprint density at radius 2 is 0.644 bits per heavy atom. The molecule has 0 spiro atoms. The second-order valence-electron chi connectivity index (χ2n) is 13.7. The molecular weight excluding hydrogens is 569 g/mol. The summed E-state index contributed by atoms with van der Waals surface area (Å²) < 4.78 is 0.